The molecule has 0 fully saturated rings. The minimum Gasteiger partial charge on any atom is -0.478 e. The molecule has 0 bridgehead atoms. The van der Waals surface area contributed by atoms with Gasteiger partial charge >= 0.3 is 87.5 Å². The van der Waals surface area contributed by atoms with E-state index < -0.39 is 17.9 Å². The number of rotatable bonds is 20. The molecule has 0 saturated heterocycles. The summed E-state index contributed by atoms with van der Waals surface area (Å²) < 4.78 is 7.55. The summed E-state index contributed by atoms with van der Waals surface area (Å²) in [5, 5.41) is 24.6. The van der Waals surface area contributed by atoms with Gasteiger partial charge in [-0.15, -0.1) is 0 Å². The predicted octanol–water partition coefficient (Wildman–Crippen LogP) is 6.28. The van der Waals surface area contributed by atoms with Crippen LogP contribution in [0.25, 0.3) is 0 Å². The zero-order valence-electron chi connectivity index (χ0n) is 21.9. The van der Waals surface area contributed by atoms with Crippen LogP contribution in [0.5, 0.6) is 0 Å². The van der Waals surface area contributed by atoms with E-state index in [4.69, 9.17) is 15.3 Å². The van der Waals surface area contributed by atoms with Crippen LogP contribution in [0.1, 0.15) is 111 Å². The van der Waals surface area contributed by atoms with Crippen LogP contribution in [0.4, 0.5) is 0 Å². The van der Waals surface area contributed by atoms with Gasteiger partial charge in [0.25, 0.3) is 0 Å². The number of carbonyl (C=O) groups excluding carboxylic acids is 1. The molecule has 0 aromatic rings. The molecular weight excluding hydrogens is 543 g/mol. The molecule has 0 unspecified atom stereocenters. The Kier molecular flexibility index (Phi) is 37.5. The summed E-state index contributed by atoms with van der Waals surface area (Å²) in [6, 6.07) is 0. The van der Waals surface area contributed by atoms with Crippen LogP contribution >= 0.6 is 0 Å². The number of aliphatic hydroxyl groups is 1. The Labute approximate surface area is 218 Å². The maximum Gasteiger partial charge on any atom is 0.331 e. The van der Waals surface area contributed by atoms with Gasteiger partial charge in [0, 0.05) is 18.6 Å². The number of carboxylic acids is 2. The second-order valence-electron chi connectivity index (χ2n) is 7.99. The summed E-state index contributed by atoms with van der Waals surface area (Å²) >= 11 is 0.149. The summed E-state index contributed by atoms with van der Waals surface area (Å²) in [5.74, 6) is -2.65. The van der Waals surface area contributed by atoms with Gasteiger partial charge in [-0.05, 0) is 6.42 Å². The predicted molar refractivity (Wildman–Crippen MR) is 139 cm³/mol. The third-order valence-corrected chi connectivity index (χ3v) is 8.64. The van der Waals surface area contributed by atoms with Crippen LogP contribution < -0.4 is 0 Å². The Morgan fingerprint density at radius 1 is 0.706 bits per heavy atom. The molecule has 3 N–H and O–H groups in total. The Hall–Kier alpha value is -1.09. The number of aliphatic carboxylic acids is 2. The number of hydrogen-bond donors (Lipinski definition) is 3. The molecule has 0 aliphatic rings. The Morgan fingerprint density at radius 3 is 1.59 bits per heavy atom. The molecule has 0 rings (SSSR count). The van der Waals surface area contributed by atoms with Gasteiger partial charge in [-0.2, -0.15) is 0 Å². The molecule has 0 aliphatic carbocycles. The number of unbranched alkanes of at least 4 members (excludes halogenated alkanes) is 10. The third-order valence-electron chi connectivity index (χ3n) is 4.61. The van der Waals surface area contributed by atoms with E-state index in [0.29, 0.717) is 12.5 Å². The largest absolute Gasteiger partial charge is 0.478 e. The SMILES string of the molecule is CCCCCCCCCCCC(=O)O.CCC[CH2][Sn][CH2]CCC.O=C(O)/C=C/C(=O)OCCO. The smallest absolute Gasteiger partial charge is 0.331 e. The molecule has 0 aromatic carbocycles. The molecule has 0 atom stereocenters. The van der Waals surface area contributed by atoms with E-state index in [9.17, 15) is 14.4 Å². The molecule has 0 aromatic heterocycles. The Bertz CT molecular complexity index is 476. The van der Waals surface area contributed by atoms with E-state index in [2.05, 4.69) is 25.5 Å². The summed E-state index contributed by atoms with van der Waals surface area (Å²) in [6.45, 7) is 6.42. The van der Waals surface area contributed by atoms with Gasteiger partial charge in [0.05, 0.1) is 6.61 Å². The van der Waals surface area contributed by atoms with Crippen LogP contribution in [0.3, 0.4) is 0 Å². The van der Waals surface area contributed by atoms with E-state index >= 15 is 0 Å². The second kappa shape index (κ2) is 34.1. The van der Waals surface area contributed by atoms with Crippen LogP contribution in [0, 0.1) is 0 Å². The van der Waals surface area contributed by atoms with E-state index in [1.165, 1.54) is 70.6 Å². The number of aliphatic hydroxyl groups excluding tert-OH is 1. The summed E-state index contributed by atoms with van der Waals surface area (Å²) in [7, 11) is 0. The van der Waals surface area contributed by atoms with Crippen LogP contribution in [0.2, 0.25) is 8.87 Å². The fourth-order valence-electron chi connectivity index (χ4n) is 2.65. The van der Waals surface area contributed by atoms with Crippen LogP contribution in [0.15, 0.2) is 12.2 Å². The monoisotopic (exact) mass is 594 g/mol. The van der Waals surface area contributed by atoms with Crippen molar-refractivity contribution >= 4 is 39.1 Å². The maximum absolute atomic E-state index is 10.4. The molecule has 0 aliphatic heterocycles. The number of hydrogen-bond acceptors (Lipinski definition) is 5. The first kappa shape index (κ1) is 37.5. The fourth-order valence-corrected chi connectivity index (χ4v) is 6.81. The van der Waals surface area contributed by atoms with Gasteiger partial charge in [0.15, 0.2) is 0 Å². The molecule has 0 amide bonds. The summed E-state index contributed by atoms with van der Waals surface area (Å²) in [4.78, 5) is 30.5. The van der Waals surface area contributed by atoms with Crippen molar-refractivity contribution in [2.24, 2.45) is 0 Å². The van der Waals surface area contributed by atoms with Crippen molar-refractivity contribution in [3.63, 3.8) is 0 Å². The standard InChI is InChI=1S/C12H24O2.C6H8O5.2C4H9.Sn/c1-2-3-4-5-6-7-8-9-10-11-12(13)14;7-3-4-11-6(10)2-1-5(8)9;2*1-3-4-2;/h2-11H2,1H3,(H,13,14);1-2,7H,3-4H2,(H,8,9);2*1,3-4H2,2H3;/b;2-1+;;;. The average molecular weight is 593 g/mol. The number of ether oxygens (including phenoxy) is 1. The van der Waals surface area contributed by atoms with E-state index in [1.807, 2.05) is 0 Å². The van der Waals surface area contributed by atoms with Crippen molar-refractivity contribution in [2.45, 2.75) is 120 Å². The molecule has 7 nitrogen and oxygen atoms in total. The van der Waals surface area contributed by atoms with Gasteiger partial charge in [0.1, 0.15) is 6.61 Å². The summed E-state index contributed by atoms with van der Waals surface area (Å²) in [6.07, 6.45) is 18.8. The van der Waals surface area contributed by atoms with Crippen LogP contribution in [-0.4, -0.2) is 67.6 Å². The molecule has 0 saturated carbocycles. The number of esters is 1. The summed E-state index contributed by atoms with van der Waals surface area (Å²) in [5.41, 5.74) is 0. The first-order valence-corrected chi connectivity index (χ1v) is 17.0. The zero-order chi connectivity index (χ0) is 26.3. The van der Waals surface area contributed by atoms with Gasteiger partial charge < -0.3 is 20.1 Å². The van der Waals surface area contributed by atoms with Crippen molar-refractivity contribution in [3.05, 3.63) is 12.2 Å². The number of carbonyl (C=O) groups is 3. The fraction of sp³-hybridized carbons (Fsp3) is 0.808. The molecule has 0 spiro atoms. The molecule has 0 heterocycles. The average Bonchev–Trinajstić information content (AvgIpc) is 2.81. The molecule has 200 valence electrons. The van der Waals surface area contributed by atoms with Crippen LogP contribution in [-0.2, 0) is 19.1 Å². The first-order chi connectivity index (χ1) is 16.3. The first-order valence-electron chi connectivity index (χ1n) is 13.0. The molecule has 34 heavy (non-hydrogen) atoms. The number of carboxylic acid groups (broad SMARTS) is 2. The zero-order valence-corrected chi connectivity index (χ0v) is 24.7. The van der Waals surface area contributed by atoms with E-state index in [1.54, 1.807) is 8.87 Å². The van der Waals surface area contributed by atoms with E-state index in [-0.39, 0.29) is 34.4 Å². The Balaban J connectivity index is -0.000000435. The van der Waals surface area contributed by atoms with E-state index in [0.717, 1.165) is 18.9 Å². The van der Waals surface area contributed by atoms with Crippen molar-refractivity contribution in [2.75, 3.05) is 13.2 Å². The minimum absolute atomic E-state index is 0.122. The Morgan fingerprint density at radius 2 is 1.18 bits per heavy atom. The minimum atomic E-state index is -1.22. The molecular formula is C26H50O7Sn. The molecule has 2 radical (unpaired) electrons. The van der Waals surface area contributed by atoms with Gasteiger partial charge in [-0.1, -0.05) is 58.3 Å². The third kappa shape index (κ3) is 44.6. The second-order valence-corrected chi connectivity index (χ2v) is 12.3. The van der Waals surface area contributed by atoms with Gasteiger partial charge in [-0.3, -0.25) is 4.79 Å². The van der Waals surface area contributed by atoms with Gasteiger partial charge in [0.2, 0.25) is 0 Å². The molecule has 8 heteroatoms. The topological polar surface area (TPSA) is 121 Å². The normalized spacial score (nSPS) is 10.1. The van der Waals surface area contributed by atoms with Crippen molar-refractivity contribution < 1.29 is 34.4 Å². The maximum atomic E-state index is 10.4. The van der Waals surface area contributed by atoms with Gasteiger partial charge in [-0.25, -0.2) is 9.59 Å². The van der Waals surface area contributed by atoms with Crippen molar-refractivity contribution in [1.82, 2.24) is 0 Å². The van der Waals surface area contributed by atoms with Crippen molar-refractivity contribution in [1.29, 1.82) is 0 Å². The quantitative estimate of drug-likeness (QED) is 0.0658. The van der Waals surface area contributed by atoms with Crippen molar-refractivity contribution in [3.8, 4) is 0 Å².